The van der Waals surface area contributed by atoms with Gasteiger partial charge in [0.05, 0.1) is 20.5 Å². The number of carboxylic acids is 1. The fourth-order valence-electron chi connectivity index (χ4n) is 3.54. The van der Waals surface area contributed by atoms with E-state index in [2.05, 4.69) is 10.1 Å². The van der Waals surface area contributed by atoms with E-state index in [1.807, 2.05) is 6.07 Å². The Morgan fingerprint density at radius 1 is 1.37 bits per heavy atom. The van der Waals surface area contributed by atoms with Crippen molar-refractivity contribution in [1.82, 2.24) is 19.7 Å². The van der Waals surface area contributed by atoms with Crippen LogP contribution in [-0.2, 0) is 18.3 Å². The number of carbonyl (C=O) groups excluding carboxylic acids is 1. The first kappa shape index (κ1) is 25.0. The number of ether oxygens (including phenoxy) is 2. The number of nitriles is 1. The van der Waals surface area contributed by atoms with Gasteiger partial charge in [0.1, 0.15) is 29.3 Å². The topological polar surface area (TPSA) is 157 Å². The number of hydrogen-bond donors (Lipinski definition) is 2. The van der Waals surface area contributed by atoms with Crippen LogP contribution in [0.2, 0.25) is 0 Å². The van der Waals surface area contributed by atoms with Crippen LogP contribution in [0.4, 0.5) is 15.0 Å². The molecule has 0 aliphatic rings. The lowest BCUT2D eigenvalue weighted by atomic mass is 10.0. The SMILES string of the molecule is [2H]C([2H])(c1nn(C)c(C#N)c1-c1cnc(N)c(OC(C)c2cc(F)ccc2C(=O)O)c1)N(C)C(=O)OC(C)(C)C. The number of hydrogen-bond acceptors (Lipinski definition) is 8. The Bertz CT molecular complexity index is 1510. The molecule has 3 rings (SSSR count). The summed E-state index contributed by atoms with van der Waals surface area (Å²) in [7, 11) is 2.64. The van der Waals surface area contributed by atoms with Crippen molar-refractivity contribution in [2.75, 3.05) is 12.8 Å². The number of aromatic nitrogens is 3. The van der Waals surface area contributed by atoms with E-state index in [1.165, 1.54) is 33.3 Å². The van der Waals surface area contributed by atoms with Crippen molar-refractivity contribution >= 4 is 17.9 Å². The Kier molecular flexibility index (Phi) is 7.08. The van der Waals surface area contributed by atoms with Crippen LogP contribution in [0.5, 0.6) is 5.75 Å². The fourth-order valence-corrected chi connectivity index (χ4v) is 3.54. The molecule has 3 aromatic rings. The second-order valence-corrected chi connectivity index (χ2v) is 9.36. The Hall–Kier alpha value is -4.66. The van der Waals surface area contributed by atoms with E-state index in [9.17, 15) is 24.3 Å². The molecule has 0 saturated heterocycles. The number of amides is 1. The lowest BCUT2D eigenvalue weighted by Crippen LogP contribution is -2.34. The first-order chi connectivity index (χ1) is 18.5. The molecular weight excluding hydrogens is 495 g/mol. The summed E-state index contributed by atoms with van der Waals surface area (Å²) < 4.78 is 43.7. The van der Waals surface area contributed by atoms with Crippen molar-refractivity contribution in [3.05, 3.63) is 58.8 Å². The van der Waals surface area contributed by atoms with Crippen LogP contribution >= 0.6 is 0 Å². The number of carboxylic acid groups (broad SMARTS) is 1. The third-order valence-corrected chi connectivity index (χ3v) is 5.25. The molecule has 0 saturated carbocycles. The Morgan fingerprint density at radius 3 is 2.66 bits per heavy atom. The highest BCUT2D eigenvalue weighted by atomic mass is 19.1. The Labute approximate surface area is 222 Å². The Morgan fingerprint density at radius 2 is 2.05 bits per heavy atom. The minimum Gasteiger partial charge on any atom is -0.482 e. The number of aryl methyl sites for hydroxylation is 1. The van der Waals surface area contributed by atoms with Gasteiger partial charge < -0.3 is 25.2 Å². The summed E-state index contributed by atoms with van der Waals surface area (Å²) in [5.41, 5.74) is 4.88. The molecule has 1 atom stereocenters. The van der Waals surface area contributed by atoms with E-state index < -0.39 is 36.1 Å². The molecule has 0 aliphatic carbocycles. The number of carbonyl (C=O) groups is 2. The molecule has 3 N–H and O–H groups in total. The predicted octanol–water partition coefficient (Wildman–Crippen LogP) is 4.28. The standard InChI is InChI=1S/C26H29FN6O5/c1-14(18-10-16(27)7-8-17(18)24(34)35)37-21-9-15(12-30-23(21)29)22-19(31-33(6)20(22)11-28)13-32(5)25(36)38-26(2,3)4/h7-10,12,14H,13H2,1-6H3,(H2,29,30)(H,34,35)/i13D2. The van der Waals surface area contributed by atoms with Crippen molar-refractivity contribution in [1.29, 1.82) is 5.26 Å². The highest BCUT2D eigenvalue weighted by Crippen LogP contribution is 2.34. The minimum absolute atomic E-state index is 0.0207. The molecule has 0 spiro atoms. The number of anilines is 1. The van der Waals surface area contributed by atoms with Crippen LogP contribution < -0.4 is 10.5 Å². The first-order valence-electron chi connectivity index (χ1n) is 12.4. The van der Waals surface area contributed by atoms with Crippen LogP contribution in [0.15, 0.2) is 30.5 Å². The van der Waals surface area contributed by atoms with Gasteiger partial charge in [0.2, 0.25) is 0 Å². The van der Waals surface area contributed by atoms with Gasteiger partial charge in [-0.15, -0.1) is 0 Å². The third kappa shape index (κ3) is 6.18. The predicted molar refractivity (Wildman–Crippen MR) is 136 cm³/mol. The third-order valence-electron chi connectivity index (χ3n) is 5.25. The summed E-state index contributed by atoms with van der Waals surface area (Å²) in [4.78, 5) is 29.2. The highest BCUT2D eigenvalue weighted by molar-refractivity contribution is 5.89. The van der Waals surface area contributed by atoms with E-state index in [1.54, 1.807) is 20.8 Å². The average Bonchev–Trinajstić information content (AvgIpc) is 3.20. The van der Waals surface area contributed by atoms with Crippen molar-refractivity contribution in [2.45, 2.75) is 45.9 Å². The van der Waals surface area contributed by atoms with Gasteiger partial charge in [-0.3, -0.25) is 4.68 Å². The monoisotopic (exact) mass is 526 g/mol. The molecule has 1 aromatic carbocycles. The number of halogens is 1. The number of aromatic carboxylic acids is 1. The molecule has 2 heterocycles. The van der Waals surface area contributed by atoms with Gasteiger partial charge in [0, 0.05) is 37.0 Å². The van der Waals surface area contributed by atoms with Crippen LogP contribution in [0, 0.1) is 17.1 Å². The van der Waals surface area contributed by atoms with Crippen LogP contribution in [0.1, 0.15) is 63.8 Å². The van der Waals surface area contributed by atoms with Gasteiger partial charge in [-0.25, -0.2) is 19.0 Å². The molecule has 1 unspecified atom stereocenters. The quantitative estimate of drug-likeness (QED) is 0.458. The van der Waals surface area contributed by atoms with Crippen LogP contribution in [0.3, 0.4) is 0 Å². The molecule has 2 aromatic heterocycles. The molecule has 0 fully saturated rings. The van der Waals surface area contributed by atoms with E-state index >= 15 is 0 Å². The summed E-state index contributed by atoms with van der Waals surface area (Å²) in [6.45, 7) is 3.87. The van der Waals surface area contributed by atoms with E-state index in [-0.39, 0.29) is 45.2 Å². The minimum atomic E-state index is -2.54. The number of rotatable bonds is 7. The molecule has 1 amide bonds. The largest absolute Gasteiger partial charge is 0.482 e. The van der Waals surface area contributed by atoms with Gasteiger partial charge in [-0.2, -0.15) is 10.4 Å². The normalized spacial score (nSPS) is 13.1. The van der Waals surface area contributed by atoms with Crippen molar-refractivity contribution in [3.63, 3.8) is 0 Å². The van der Waals surface area contributed by atoms with Gasteiger partial charge >= 0.3 is 12.1 Å². The molecule has 11 nitrogen and oxygen atoms in total. The number of benzene rings is 1. The number of nitrogen functional groups attached to an aromatic ring is 1. The zero-order valence-electron chi connectivity index (χ0n) is 23.7. The second kappa shape index (κ2) is 10.8. The Balaban J connectivity index is 2.10. The molecule has 12 heteroatoms. The number of nitrogens with two attached hydrogens (primary N) is 1. The number of pyridine rings is 1. The maximum absolute atomic E-state index is 13.9. The molecule has 0 bridgehead atoms. The molecule has 38 heavy (non-hydrogen) atoms. The van der Waals surface area contributed by atoms with Gasteiger partial charge in [-0.05, 0) is 52.0 Å². The summed E-state index contributed by atoms with van der Waals surface area (Å²) in [6.07, 6.45) is -0.664. The van der Waals surface area contributed by atoms with Gasteiger partial charge in [0.15, 0.2) is 11.6 Å². The van der Waals surface area contributed by atoms with Crippen molar-refractivity contribution in [3.8, 4) is 22.9 Å². The summed E-state index contributed by atoms with van der Waals surface area (Å²) in [5, 5.41) is 23.6. The van der Waals surface area contributed by atoms with E-state index in [4.69, 9.17) is 17.9 Å². The van der Waals surface area contributed by atoms with E-state index in [0.29, 0.717) is 0 Å². The maximum atomic E-state index is 13.9. The maximum Gasteiger partial charge on any atom is 0.410 e. The first-order valence-corrected chi connectivity index (χ1v) is 11.4. The molecular formula is C26H29FN6O5. The smallest absolute Gasteiger partial charge is 0.410 e. The summed E-state index contributed by atoms with van der Waals surface area (Å²) >= 11 is 0. The molecule has 0 radical (unpaired) electrons. The lowest BCUT2D eigenvalue weighted by Gasteiger charge is -2.24. The molecule has 0 aliphatic heterocycles. The van der Waals surface area contributed by atoms with Crippen LogP contribution in [-0.4, -0.2) is 49.5 Å². The van der Waals surface area contributed by atoms with Crippen molar-refractivity contribution in [2.24, 2.45) is 7.05 Å². The summed E-state index contributed by atoms with van der Waals surface area (Å²) in [6, 6.07) is 6.54. The number of nitrogens with zero attached hydrogens (tertiary/aromatic N) is 5. The molecule has 200 valence electrons. The lowest BCUT2D eigenvalue weighted by molar-refractivity contribution is 0.0283. The average molecular weight is 527 g/mol. The van der Waals surface area contributed by atoms with Crippen LogP contribution in [0.25, 0.3) is 11.1 Å². The summed E-state index contributed by atoms with van der Waals surface area (Å²) in [5.74, 6) is -2.07. The second-order valence-electron chi connectivity index (χ2n) is 9.36. The highest BCUT2D eigenvalue weighted by Gasteiger charge is 2.25. The zero-order valence-corrected chi connectivity index (χ0v) is 21.7. The van der Waals surface area contributed by atoms with Gasteiger partial charge in [-0.1, -0.05) is 0 Å². The fraction of sp³-hybridized carbons (Fsp3) is 0.346. The van der Waals surface area contributed by atoms with Gasteiger partial charge in [0.25, 0.3) is 0 Å². The van der Waals surface area contributed by atoms with Crippen molar-refractivity contribution < 1.29 is 31.3 Å². The zero-order chi connectivity index (χ0) is 30.2. The van der Waals surface area contributed by atoms with E-state index in [0.717, 1.165) is 27.8 Å².